The third-order valence-electron chi connectivity index (χ3n) is 4.69. The van der Waals surface area contributed by atoms with E-state index in [2.05, 4.69) is 43.0 Å². The first-order valence-corrected chi connectivity index (χ1v) is 7.61. The van der Waals surface area contributed by atoms with Crippen molar-refractivity contribution in [3.63, 3.8) is 0 Å². The van der Waals surface area contributed by atoms with Gasteiger partial charge in [0, 0.05) is 19.0 Å². The van der Waals surface area contributed by atoms with E-state index in [1.807, 2.05) is 6.07 Å². The molecule has 1 fully saturated rings. The second-order valence-corrected chi connectivity index (χ2v) is 5.94. The molecule has 1 saturated heterocycles. The Morgan fingerprint density at radius 2 is 2.05 bits per heavy atom. The molecule has 1 aliphatic rings. The first kappa shape index (κ1) is 15.0. The van der Waals surface area contributed by atoms with Gasteiger partial charge in [-0.15, -0.1) is 0 Å². The standard InChI is InChI=1S/C17H25NO2/c1-3-16-13(2)15(11-17(19)20)9-10-18(16)12-14-7-5-4-6-8-14/h4-8,13,15-16H,3,9-12H2,1-2H3,(H,19,20). The Hall–Kier alpha value is -1.35. The fraction of sp³-hybridized carbons (Fsp3) is 0.588. The molecule has 0 spiro atoms. The average Bonchev–Trinajstić information content (AvgIpc) is 2.43. The second kappa shape index (κ2) is 6.89. The Morgan fingerprint density at radius 1 is 1.35 bits per heavy atom. The summed E-state index contributed by atoms with van der Waals surface area (Å²) >= 11 is 0. The zero-order valence-corrected chi connectivity index (χ0v) is 12.5. The highest BCUT2D eigenvalue weighted by atomic mass is 16.4. The summed E-state index contributed by atoms with van der Waals surface area (Å²) in [5.41, 5.74) is 1.34. The molecule has 1 aromatic rings. The topological polar surface area (TPSA) is 40.5 Å². The van der Waals surface area contributed by atoms with Crippen LogP contribution in [-0.2, 0) is 11.3 Å². The molecule has 0 amide bonds. The van der Waals surface area contributed by atoms with Gasteiger partial charge in [0.1, 0.15) is 0 Å². The third kappa shape index (κ3) is 3.60. The van der Waals surface area contributed by atoms with E-state index in [4.69, 9.17) is 5.11 Å². The minimum absolute atomic E-state index is 0.316. The van der Waals surface area contributed by atoms with Crippen LogP contribution < -0.4 is 0 Å². The summed E-state index contributed by atoms with van der Waals surface area (Å²) in [7, 11) is 0. The van der Waals surface area contributed by atoms with Crippen LogP contribution in [0.5, 0.6) is 0 Å². The van der Waals surface area contributed by atoms with E-state index in [0.717, 1.165) is 25.9 Å². The Balaban J connectivity index is 2.03. The van der Waals surface area contributed by atoms with Crippen LogP contribution in [0.3, 0.4) is 0 Å². The van der Waals surface area contributed by atoms with Gasteiger partial charge in [-0.05, 0) is 36.8 Å². The van der Waals surface area contributed by atoms with Gasteiger partial charge < -0.3 is 5.11 Å². The van der Waals surface area contributed by atoms with Crippen LogP contribution in [0.25, 0.3) is 0 Å². The van der Waals surface area contributed by atoms with Gasteiger partial charge in [-0.25, -0.2) is 0 Å². The van der Waals surface area contributed by atoms with Crippen LogP contribution >= 0.6 is 0 Å². The fourth-order valence-corrected chi connectivity index (χ4v) is 3.56. The highest BCUT2D eigenvalue weighted by Crippen LogP contribution is 2.33. The number of nitrogens with zero attached hydrogens (tertiary/aromatic N) is 1. The van der Waals surface area contributed by atoms with Crippen molar-refractivity contribution in [1.29, 1.82) is 0 Å². The summed E-state index contributed by atoms with van der Waals surface area (Å²) in [6, 6.07) is 11.0. The first-order chi connectivity index (χ1) is 9.61. The van der Waals surface area contributed by atoms with Crippen LogP contribution in [0.2, 0.25) is 0 Å². The van der Waals surface area contributed by atoms with Crippen molar-refractivity contribution >= 4 is 5.97 Å². The van der Waals surface area contributed by atoms with Crippen molar-refractivity contribution in [3.05, 3.63) is 35.9 Å². The minimum Gasteiger partial charge on any atom is -0.481 e. The molecular weight excluding hydrogens is 250 g/mol. The van der Waals surface area contributed by atoms with Crippen molar-refractivity contribution in [1.82, 2.24) is 4.90 Å². The highest BCUT2D eigenvalue weighted by Gasteiger charge is 2.34. The Bertz CT molecular complexity index is 432. The van der Waals surface area contributed by atoms with Gasteiger partial charge in [0.05, 0.1) is 0 Å². The Labute approximate surface area is 121 Å². The molecule has 3 heteroatoms. The Morgan fingerprint density at radius 3 is 2.65 bits per heavy atom. The predicted octanol–water partition coefficient (Wildman–Crippen LogP) is 3.40. The lowest BCUT2D eigenvalue weighted by Gasteiger charge is -2.44. The molecule has 2 rings (SSSR count). The number of piperidine rings is 1. The van der Waals surface area contributed by atoms with E-state index in [-0.39, 0.29) is 0 Å². The van der Waals surface area contributed by atoms with Gasteiger partial charge in [0.25, 0.3) is 0 Å². The predicted molar refractivity (Wildman–Crippen MR) is 80.5 cm³/mol. The lowest BCUT2D eigenvalue weighted by Crippen LogP contribution is -2.47. The van der Waals surface area contributed by atoms with Crippen LogP contribution in [0, 0.1) is 11.8 Å². The van der Waals surface area contributed by atoms with E-state index in [1.54, 1.807) is 0 Å². The molecule has 1 aliphatic heterocycles. The quantitative estimate of drug-likeness (QED) is 0.895. The normalized spacial score (nSPS) is 27.4. The molecule has 110 valence electrons. The molecule has 1 N–H and O–H groups in total. The van der Waals surface area contributed by atoms with E-state index < -0.39 is 5.97 Å². The highest BCUT2D eigenvalue weighted by molar-refractivity contribution is 5.67. The van der Waals surface area contributed by atoms with E-state index in [0.29, 0.717) is 24.3 Å². The number of benzene rings is 1. The molecule has 0 saturated carbocycles. The maximum Gasteiger partial charge on any atom is 0.303 e. The first-order valence-electron chi connectivity index (χ1n) is 7.61. The summed E-state index contributed by atoms with van der Waals surface area (Å²) in [6.07, 6.45) is 2.40. The summed E-state index contributed by atoms with van der Waals surface area (Å²) in [6.45, 7) is 6.42. The molecule has 1 heterocycles. The smallest absolute Gasteiger partial charge is 0.303 e. The number of hydrogen-bond acceptors (Lipinski definition) is 2. The van der Waals surface area contributed by atoms with Gasteiger partial charge in [-0.3, -0.25) is 9.69 Å². The van der Waals surface area contributed by atoms with Crippen molar-refractivity contribution in [2.24, 2.45) is 11.8 Å². The molecule has 1 aromatic carbocycles. The maximum atomic E-state index is 11.0. The molecule has 0 bridgehead atoms. The van der Waals surface area contributed by atoms with Gasteiger partial charge in [0.15, 0.2) is 0 Å². The number of carboxylic acid groups (broad SMARTS) is 1. The average molecular weight is 275 g/mol. The van der Waals surface area contributed by atoms with Gasteiger partial charge in [0.2, 0.25) is 0 Å². The summed E-state index contributed by atoms with van der Waals surface area (Å²) in [5, 5.41) is 9.03. The second-order valence-electron chi connectivity index (χ2n) is 5.94. The molecule has 3 atom stereocenters. The van der Waals surface area contributed by atoms with Gasteiger partial charge >= 0.3 is 5.97 Å². The minimum atomic E-state index is -0.659. The summed E-state index contributed by atoms with van der Waals surface area (Å²) < 4.78 is 0. The molecular formula is C17H25NO2. The van der Waals surface area contributed by atoms with Crippen LogP contribution in [0.4, 0.5) is 0 Å². The molecule has 3 unspecified atom stereocenters. The molecule has 3 nitrogen and oxygen atoms in total. The molecule has 0 aromatic heterocycles. The van der Waals surface area contributed by atoms with E-state index in [9.17, 15) is 4.79 Å². The van der Waals surface area contributed by atoms with Crippen molar-refractivity contribution in [3.8, 4) is 0 Å². The summed E-state index contributed by atoms with van der Waals surface area (Å²) in [5.74, 6) is 0.117. The molecule has 20 heavy (non-hydrogen) atoms. The lowest BCUT2D eigenvalue weighted by molar-refractivity contribution is -0.139. The van der Waals surface area contributed by atoms with Crippen LogP contribution in [0.15, 0.2) is 30.3 Å². The number of hydrogen-bond donors (Lipinski definition) is 1. The maximum absolute atomic E-state index is 11.0. The van der Waals surface area contributed by atoms with E-state index >= 15 is 0 Å². The zero-order chi connectivity index (χ0) is 14.5. The van der Waals surface area contributed by atoms with Crippen molar-refractivity contribution in [2.45, 2.75) is 45.7 Å². The number of likely N-dealkylation sites (tertiary alicyclic amines) is 1. The third-order valence-corrected chi connectivity index (χ3v) is 4.69. The number of carboxylic acids is 1. The van der Waals surface area contributed by atoms with E-state index in [1.165, 1.54) is 5.56 Å². The Kier molecular flexibility index (Phi) is 5.18. The fourth-order valence-electron chi connectivity index (χ4n) is 3.56. The van der Waals surface area contributed by atoms with Gasteiger partial charge in [-0.2, -0.15) is 0 Å². The van der Waals surface area contributed by atoms with Crippen molar-refractivity contribution in [2.75, 3.05) is 6.54 Å². The SMILES string of the molecule is CCC1C(C)C(CC(=O)O)CCN1Cc1ccccc1. The number of carbonyl (C=O) groups is 1. The zero-order valence-electron chi connectivity index (χ0n) is 12.5. The molecule has 0 aliphatic carbocycles. The summed E-state index contributed by atoms with van der Waals surface area (Å²) in [4.78, 5) is 13.5. The van der Waals surface area contributed by atoms with Crippen LogP contribution in [-0.4, -0.2) is 28.6 Å². The van der Waals surface area contributed by atoms with Crippen molar-refractivity contribution < 1.29 is 9.90 Å². The number of rotatable bonds is 5. The monoisotopic (exact) mass is 275 g/mol. The van der Waals surface area contributed by atoms with Gasteiger partial charge in [-0.1, -0.05) is 44.2 Å². The largest absolute Gasteiger partial charge is 0.481 e. The number of aliphatic carboxylic acids is 1. The molecule has 0 radical (unpaired) electrons. The lowest BCUT2D eigenvalue weighted by atomic mass is 9.78. The van der Waals surface area contributed by atoms with Crippen LogP contribution in [0.1, 0.15) is 38.7 Å².